The number of ketones is 1. The zero-order valence-electron chi connectivity index (χ0n) is 27.4. The van der Waals surface area contributed by atoms with Crippen molar-refractivity contribution in [2.45, 2.75) is 57.5 Å². The molecular weight excluding hydrogens is 612 g/mol. The Morgan fingerprint density at radius 2 is 1.94 bits per heavy atom. The van der Waals surface area contributed by atoms with Gasteiger partial charge in [0.2, 0.25) is 11.8 Å². The zero-order valence-corrected chi connectivity index (χ0v) is 27.4. The lowest BCUT2D eigenvalue weighted by Crippen LogP contribution is -2.43. The van der Waals surface area contributed by atoms with Gasteiger partial charge in [-0.3, -0.25) is 29.2 Å². The van der Waals surface area contributed by atoms with Crippen LogP contribution in [0.15, 0.2) is 35.5 Å². The van der Waals surface area contributed by atoms with Crippen molar-refractivity contribution in [1.29, 1.82) is 5.26 Å². The van der Waals surface area contributed by atoms with Crippen LogP contribution in [-0.4, -0.2) is 110 Å². The second-order valence-electron chi connectivity index (χ2n) is 12.1. The van der Waals surface area contributed by atoms with E-state index in [1.54, 1.807) is 64.2 Å². The van der Waals surface area contributed by atoms with Crippen LogP contribution in [0.1, 0.15) is 49.9 Å². The minimum Gasteiger partial charge on any atom is -0.374 e. The number of hydrogen-bond donors (Lipinski definition) is 3. The second kappa shape index (κ2) is 16.1. The number of nitrogens with one attached hydrogen (secondary N) is 2. The minimum absolute atomic E-state index is 0.0611. The van der Waals surface area contributed by atoms with E-state index in [0.29, 0.717) is 48.5 Å². The third-order valence-electron chi connectivity index (χ3n) is 7.85. The number of rotatable bonds is 14. The first-order chi connectivity index (χ1) is 22.1. The van der Waals surface area contributed by atoms with E-state index in [9.17, 15) is 28.0 Å². The van der Waals surface area contributed by atoms with Crippen molar-refractivity contribution in [2.75, 3.05) is 52.2 Å². The molecule has 0 unspecified atom stereocenters. The molecule has 47 heavy (non-hydrogen) atoms. The topological polar surface area (TPSA) is 177 Å². The number of aliphatic imine (C=N–C) groups is 1. The monoisotopic (exact) mass is 655 g/mol. The van der Waals surface area contributed by atoms with Crippen molar-refractivity contribution in [1.82, 2.24) is 25.4 Å². The number of hydrogen-bond acceptors (Lipinski definition) is 8. The lowest BCUT2D eigenvalue weighted by atomic mass is 9.97. The van der Waals surface area contributed by atoms with E-state index in [-0.39, 0.29) is 29.6 Å². The highest BCUT2D eigenvalue weighted by molar-refractivity contribution is 6.07. The van der Waals surface area contributed by atoms with Crippen LogP contribution >= 0.6 is 0 Å². The smallest absolute Gasteiger partial charge is 0.268 e. The molecule has 0 saturated carbocycles. The molecule has 0 spiro atoms. The number of amides is 3. The molecule has 2 heterocycles. The third-order valence-corrected chi connectivity index (χ3v) is 7.85. The van der Waals surface area contributed by atoms with Gasteiger partial charge in [-0.1, -0.05) is 13.8 Å². The Morgan fingerprint density at radius 3 is 2.60 bits per heavy atom. The maximum Gasteiger partial charge on any atom is 0.268 e. The summed E-state index contributed by atoms with van der Waals surface area (Å²) in [7, 11) is 5.35. The molecule has 4 N–H and O–H groups in total. The van der Waals surface area contributed by atoms with Gasteiger partial charge in [0.25, 0.3) is 11.8 Å². The van der Waals surface area contributed by atoms with E-state index < -0.39 is 49.3 Å². The highest BCUT2D eigenvalue weighted by Gasteiger charge is 2.47. The van der Waals surface area contributed by atoms with Crippen molar-refractivity contribution in [3.63, 3.8) is 0 Å². The molecule has 1 aromatic carbocycles. The Labute approximate surface area is 273 Å². The normalized spacial score (nSPS) is 16.4. The fraction of sp³-hybridized carbons (Fsp3) is 0.531. The zero-order chi connectivity index (χ0) is 34.9. The van der Waals surface area contributed by atoms with Gasteiger partial charge >= 0.3 is 0 Å². The van der Waals surface area contributed by atoms with Gasteiger partial charge in [0.1, 0.15) is 6.04 Å². The average molecular weight is 656 g/mol. The van der Waals surface area contributed by atoms with Crippen molar-refractivity contribution in [3.05, 3.63) is 36.0 Å². The number of fused-ring (bicyclic) bond motifs is 1. The summed E-state index contributed by atoms with van der Waals surface area (Å²) in [5.74, 6) is -4.76. The van der Waals surface area contributed by atoms with Crippen LogP contribution < -0.4 is 21.3 Å². The van der Waals surface area contributed by atoms with Gasteiger partial charge in [0, 0.05) is 70.3 Å². The summed E-state index contributed by atoms with van der Waals surface area (Å²) in [4.78, 5) is 64.2. The number of Topliss-reactive ketones (excluding diaryl/α,β-unsaturated/α-hetero) is 1. The van der Waals surface area contributed by atoms with Crippen molar-refractivity contribution < 1.29 is 28.0 Å². The number of halogens is 2. The Hall–Kier alpha value is -4.87. The summed E-state index contributed by atoms with van der Waals surface area (Å²) >= 11 is 0. The van der Waals surface area contributed by atoms with E-state index in [1.165, 1.54) is 12.3 Å². The maximum absolute atomic E-state index is 13.8. The Kier molecular flexibility index (Phi) is 12.5. The van der Waals surface area contributed by atoms with Gasteiger partial charge in [0.05, 0.1) is 36.3 Å². The first-order valence-corrected chi connectivity index (χ1v) is 15.4. The molecule has 0 radical (unpaired) electrons. The number of nitrogens with two attached hydrogens (primary N) is 1. The Bertz CT molecular complexity index is 1540. The van der Waals surface area contributed by atoms with E-state index in [4.69, 9.17) is 11.0 Å². The number of nitriles is 1. The summed E-state index contributed by atoms with van der Waals surface area (Å²) in [6, 6.07) is 6.53. The molecule has 1 aliphatic rings. The summed E-state index contributed by atoms with van der Waals surface area (Å²) in [6.07, 6.45) is 1.80. The number of pyridine rings is 1. The fourth-order valence-electron chi connectivity index (χ4n) is 5.10. The highest BCUT2D eigenvalue weighted by Crippen LogP contribution is 2.31. The van der Waals surface area contributed by atoms with Crippen LogP contribution in [0.5, 0.6) is 0 Å². The van der Waals surface area contributed by atoms with Crippen LogP contribution in [0.2, 0.25) is 0 Å². The number of nitrogens with zero attached hydrogens (tertiary/aromatic N) is 6. The number of likely N-dealkylation sites (tertiary alicyclic amines) is 1. The molecule has 1 aliphatic heterocycles. The summed E-state index contributed by atoms with van der Waals surface area (Å²) in [5, 5.41) is 15.0. The molecular formula is C32H43F2N9O4. The van der Waals surface area contributed by atoms with Crippen LogP contribution in [0, 0.1) is 17.2 Å². The number of benzene rings is 1. The van der Waals surface area contributed by atoms with E-state index in [1.807, 2.05) is 4.90 Å². The molecule has 254 valence electrons. The predicted molar refractivity (Wildman–Crippen MR) is 174 cm³/mol. The minimum atomic E-state index is -3.16. The highest BCUT2D eigenvalue weighted by atomic mass is 19.3. The summed E-state index contributed by atoms with van der Waals surface area (Å²) in [6.45, 7) is 2.89. The molecule has 2 atom stereocenters. The molecule has 3 amide bonds. The fourth-order valence-corrected chi connectivity index (χ4v) is 5.10. The molecule has 1 fully saturated rings. The largest absolute Gasteiger partial charge is 0.374 e. The number of carbonyl (C=O) groups is 4. The van der Waals surface area contributed by atoms with Gasteiger partial charge < -0.3 is 31.1 Å². The summed E-state index contributed by atoms with van der Waals surface area (Å²) < 4.78 is 27.5. The molecule has 1 saturated heterocycles. The lowest BCUT2D eigenvalue weighted by molar-refractivity contribution is -0.131. The molecule has 1 aromatic heterocycles. The Balaban J connectivity index is 1.62. The van der Waals surface area contributed by atoms with Crippen molar-refractivity contribution in [2.24, 2.45) is 16.6 Å². The number of alkyl halides is 2. The van der Waals surface area contributed by atoms with E-state index in [2.05, 4.69) is 20.6 Å². The first-order valence-electron chi connectivity index (χ1n) is 15.4. The lowest BCUT2D eigenvalue weighted by Gasteiger charge is -2.22. The van der Waals surface area contributed by atoms with E-state index >= 15 is 0 Å². The molecule has 15 heteroatoms. The van der Waals surface area contributed by atoms with Crippen molar-refractivity contribution in [3.8, 4) is 6.07 Å². The van der Waals surface area contributed by atoms with Crippen molar-refractivity contribution >= 4 is 46.1 Å². The van der Waals surface area contributed by atoms with Gasteiger partial charge in [-0.25, -0.2) is 8.78 Å². The quantitative estimate of drug-likeness (QED) is 0.156. The molecule has 0 aliphatic carbocycles. The SMILES string of the molecule is CC(C)C(=O)[C@H](CCCN=C(N)N(C)C)NC(=O)CCN(C)c1ccc2nccc(C(=O)NCC(=O)N3CC(F)(F)C[C@H]3C#N)c2c1. The molecule has 0 bridgehead atoms. The molecule has 13 nitrogen and oxygen atoms in total. The maximum atomic E-state index is 13.8. The third kappa shape index (κ3) is 10.1. The number of guanidine groups is 1. The van der Waals surface area contributed by atoms with Crippen LogP contribution in [0.4, 0.5) is 14.5 Å². The van der Waals surface area contributed by atoms with Gasteiger partial charge in [-0.15, -0.1) is 0 Å². The van der Waals surface area contributed by atoms with E-state index in [0.717, 1.165) is 4.90 Å². The van der Waals surface area contributed by atoms with Gasteiger partial charge in [-0.05, 0) is 37.1 Å². The van der Waals surface area contributed by atoms with Gasteiger partial charge in [-0.2, -0.15) is 5.26 Å². The average Bonchev–Trinajstić information content (AvgIpc) is 3.36. The van der Waals surface area contributed by atoms with Gasteiger partial charge in [0.15, 0.2) is 11.7 Å². The first kappa shape index (κ1) is 36.6. The molecule has 2 aromatic rings. The van der Waals surface area contributed by atoms with Crippen LogP contribution in [0.25, 0.3) is 10.9 Å². The predicted octanol–water partition coefficient (Wildman–Crippen LogP) is 1.92. The standard InChI is InChI=1S/C32H43F2N9O4/c1-20(2)29(46)26(7-6-12-38-31(36)41(3)4)40-27(44)11-14-42(5)21-8-9-25-24(15-21)23(10-13-37-25)30(47)39-18-28(45)43-19-32(33,34)16-22(43)17-35/h8-10,13,15,20,22,26H,6-7,11-12,14,16,18-19H2,1-5H3,(H2,36,38)(H,39,47)(H,40,44)/t22-,26-/m0/s1. The second-order valence-corrected chi connectivity index (χ2v) is 12.1. The molecule has 3 rings (SSSR count). The number of carbonyl (C=O) groups excluding carboxylic acids is 4. The summed E-state index contributed by atoms with van der Waals surface area (Å²) in [5.41, 5.74) is 7.23. The number of aromatic nitrogens is 1. The Morgan fingerprint density at radius 1 is 1.21 bits per heavy atom. The number of anilines is 1. The van der Waals surface area contributed by atoms with Crippen LogP contribution in [-0.2, 0) is 14.4 Å². The van der Waals surface area contributed by atoms with Crippen LogP contribution in [0.3, 0.4) is 0 Å².